The first kappa shape index (κ1) is 14.7. The molecule has 0 aliphatic rings. The highest BCUT2D eigenvalue weighted by molar-refractivity contribution is 6.06. The summed E-state index contributed by atoms with van der Waals surface area (Å²) in [6.45, 7) is 0.379. The normalized spacial score (nSPS) is 11.5. The van der Waals surface area contributed by atoms with Crippen molar-refractivity contribution in [3.63, 3.8) is 0 Å². The zero-order valence-corrected chi connectivity index (χ0v) is 13.6. The predicted molar refractivity (Wildman–Crippen MR) is 97.3 cm³/mol. The predicted octanol–water partition coefficient (Wildman–Crippen LogP) is 4.08. The minimum atomic E-state index is -1.08. The van der Waals surface area contributed by atoms with Crippen LogP contribution in [0.1, 0.15) is 16.3 Å². The number of para-hydroxylation sites is 3. The van der Waals surface area contributed by atoms with Crippen molar-refractivity contribution in [2.75, 3.05) is 0 Å². The smallest absolute Gasteiger partial charge is 0.371 e. The first-order valence-corrected chi connectivity index (χ1v) is 8.16. The molecule has 5 aromatic rings. The van der Waals surface area contributed by atoms with Crippen molar-refractivity contribution in [1.29, 1.82) is 0 Å². The molecule has 26 heavy (non-hydrogen) atoms. The lowest BCUT2D eigenvalue weighted by molar-refractivity contribution is 0.0660. The molecular weight excluding hydrogens is 330 g/mol. The van der Waals surface area contributed by atoms with E-state index in [9.17, 15) is 4.79 Å². The Bertz CT molecular complexity index is 1300. The SMILES string of the molecule is O=C(O)c1ccc(Cn2c3ccccc3c3nc4ccccc4nc32)o1. The lowest BCUT2D eigenvalue weighted by atomic mass is 10.2. The highest BCUT2D eigenvalue weighted by atomic mass is 16.4. The van der Waals surface area contributed by atoms with Crippen molar-refractivity contribution in [3.05, 3.63) is 72.2 Å². The number of hydrogen-bond acceptors (Lipinski definition) is 4. The Morgan fingerprint density at radius 3 is 2.46 bits per heavy atom. The van der Waals surface area contributed by atoms with Gasteiger partial charge in [0, 0.05) is 5.39 Å². The molecule has 2 aromatic carbocycles. The molecule has 0 fully saturated rings. The Kier molecular flexibility index (Phi) is 3.05. The number of carboxylic acids is 1. The average molecular weight is 343 g/mol. The van der Waals surface area contributed by atoms with Gasteiger partial charge in [-0.3, -0.25) is 0 Å². The highest BCUT2D eigenvalue weighted by Gasteiger charge is 2.16. The summed E-state index contributed by atoms with van der Waals surface area (Å²) < 4.78 is 7.44. The van der Waals surface area contributed by atoms with Crippen molar-refractivity contribution >= 4 is 39.1 Å². The summed E-state index contributed by atoms with van der Waals surface area (Å²) in [5, 5.41) is 10.1. The van der Waals surface area contributed by atoms with E-state index in [-0.39, 0.29) is 5.76 Å². The molecule has 0 saturated carbocycles. The van der Waals surface area contributed by atoms with Crippen molar-refractivity contribution < 1.29 is 14.3 Å². The maximum Gasteiger partial charge on any atom is 0.371 e. The number of fused-ring (bicyclic) bond motifs is 4. The summed E-state index contributed by atoms with van der Waals surface area (Å²) in [7, 11) is 0. The summed E-state index contributed by atoms with van der Waals surface area (Å²) in [6.07, 6.45) is 0. The van der Waals surface area contributed by atoms with Crippen LogP contribution in [0.25, 0.3) is 33.1 Å². The molecule has 6 heteroatoms. The third-order valence-corrected chi connectivity index (χ3v) is 4.44. The standard InChI is InChI=1S/C20H13N3O3/c24-20(25)17-10-9-12(26-17)11-23-16-8-4-1-5-13(16)18-19(23)22-15-7-3-2-6-14(15)21-18/h1-10H,11H2,(H,24,25). The fourth-order valence-corrected chi connectivity index (χ4v) is 3.28. The van der Waals surface area contributed by atoms with Gasteiger partial charge in [-0.25, -0.2) is 14.8 Å². The van der Waals surface area contributed by atoms with E-state index in [0.717, 1.165) is 33.1 Å². The van der Waals surface area contributed by atoms with Gasteiger partial charge < -0.3 is 14.1 Å². The molecule has 5 rings (SSSR count). The van der Waals surface area contributed by atoms with Crippen molar-refractivity contribution in [2.24, 2.45) is 0 Å². The first-order chi connectivity index (χ1) is 12.7. The summed E-state index contributed by atoms with van der Waals surface area (Å²) in [5.41, 5.74) is 4.21. The summed E-state index contributed by atoms with van der Waals surface area (Å²) in [6, 6.07) is 18.8. The molecule has 1 N–H and O–H groups in total. The maximum atomic E-state index is 11.1. The Hall–Kier alpha value is -3.67. The molecular formula is C20H13N3O3. The summed E-state index contributed by atoms with van der Waals surface area (Å²) >= 11 is 0. The second-order valence-electron chi connectivity index (χ2n) is 6.06. The lowest BCUT2D eigenvalue weighted by Crippen LogP contribution is -2.00. The number of aromatic nitrogens is 3. The van der Waals surface area contributed by atoms with Gasteiger partial charge in [-0.1, -0.05) is 30.3 Å². The molecule has 0 aliphatic heterocycles. The minimum absolute atomic E-state index is 0.0719. The van der Waals surface area contributed by atoms with Gasteiger partial charge >= 0.3 is 5.97 Å². The molecule has 0 bridgehead atoms. The molecule has 0 atom stereocenters. The van der Waals surface area contributed by atoms with Crippen molar-refractivity contribution in [3.8, 4) is 0 Å². The quantitative estimate of drug-likeness (QED) is 0.534. The van der Waals surface area contributed by atoms with Gasteiger partial charge in [0.1, 0.15) is 11.3 Å². The number of carbonyl (C=O) groups is 1. The molecule has 3 aromatic heterocycles. The van der Waals surface area contributed by atoms with Crippen molar-refractivity contribution in [2.45, 2.75) is 6.54 Å². The number of rotatable bonds is 3. The molecule has 6 nitrogen and oxygen atoms in total. The Morgan fingerprint density at radius 2 is 1.69 bits per heavy atom. The molecule has 126 valence electrons. The molecule has 0 unspecified atom stereocenters. The van der Waals surface area contributed by atoms with E-state index in [4.69, 9.17) is 19.5 Å². The minimum Gasteiger partial charge on any atom is -0.475 e. The number of carboxylic acid groups (broad SMARTS) is 1. The Labute approximate surface area is 147 Å². The van der Waals surface area contributed by atoms with Crippen LogP contribution in [0.2, 0.25) is 0 Å². The van der Waals surface area contributed by atoms with Crippen LogP contribution in [0.15, 0.2) is 65.1 Å². The molecule has 0 saturated heterocycles. The van der Waals surface area contributed by atoms with Gasteiger partial charge in [0.25, 0.3) is 0 Å². The van der Waals surface area contributed by atoms with Crippen LogP contribution < -0.4 is 0 Å². The number of aromatic carboxylic acids is 1. The van der Waals surface area contributed by atoms with Crippen LogP contribution in [-0.4, -0.2) is 25.6 Å². The molecule has 3 heterocycles. The van der Waals surface area contributed by atoms with Gasteiger partial charge in [-0.15, -0.1) is 0 Å². The molecule has 0 radical (unpaired) electrons. The first-order valence-electron chi connectivity index (χ1n) is 8.16. The third kappa shape index (κ3) is 2.16. The van der Waals surface area contributed by atoms with Crippen molar-refractivity contribution in [1.82, 2.24) is 14.5 Å². The third-order valence-electron chi connectivity index (χ3n) is 4.44. The van der Waals surface area contributed by atoms with Crippen LogP contribution in [0, 0.1) is 0 Å². The number of hydrogen-bond donors (Lipinski definition) is 1. The van der Waals surface area contributed by atoms with Gasteiger partial charge in [0.15, 0.2) is 5.65 Å². The van der Waals surface area contributed by atoms with Crippen LogP contribution in [-0.2, 0) is 6.54 Å². The summed E-state index contributed by atoms with van der Waals surface area (Å²) in [5.74, 6) is -0.596. The van der Waals surface area contributed by atoms with Crippen LogP contribution in [0.4, 0.5) is 0 Å². The fraction of sp³-hybridized carbons (Fsp3) is 0.0500. The van der Waals surface area contributed by atoms with Gasteiger partial charge in [0.2, 0.25) is 5.76 Å². The van der Waals surface area contributed by atoms with E-state index < -0.39 is 5.97 Å². The topological polar surface area (TPSA) is 81.1 Å². The highest BCUT2D eigenvalue weighted by Crippen LogP contribution is 2.29. The van der Waals surface area contributed by atoms with E-state index in [1.807, 2.05) is 53.1 Å². The molecule has 0 spiro atoms. The number of nitrogens with zero attached hydrogens (tertiary/aromatic N) is 3. The average Bonchev–Trinajstić information content (AvgIpc) is 3.25. The maximum absolute atomic E-state index is 11.1. The van der Waals surface area contributed by atoms with E-state index in [1.165, 1.54) is 6.07 Å². The number of benzene rings is 2. The molecule has 0 aliphatic carbocycles. The Morgan fingerprint density at radius 1 is 0.962 bits per heavy atom. The van der Waals surface area contributed by atoms with E-state index in [2.05, 4.69) is 0 Å². The van der Waals surface area contributed by atoms with Crippen LogP contribution in [0.3, 0.4) is 0 Å². The van der Waals surface area contributed by atoms with E-state index in [1.54, 1.807) is 6.07 Å². The van der Waals surface area contributed by atoms with Gasteiger partial charge in [-0.05, 0) is 30.3 Å². The monoisotopic (exact) mass is 343 g/mol. The zero-order valence-electron chi connectivity index (χ0n) is 13.6. The van der Waals surface area contributed by atoms with E-state index >= 15 is 0 Å². The summed E-state index contributed by atoms with van der Waals surface area (Å²) in [4.78, 5) is 20.7. The van der Waals surface area contributed by atoms with Crippen LogP contribution in [0.5, 0.6) is 0 Å². The molecule has 0 amide bonds. The number of furan rings is 1. The lowest BCUT2D eigenvalue weighted by Gasteiger charge is -2.05. The van der Waals surface area contributed by atoms with E-state index in [0.29, 0.717) is 12.3 Å². The second-order valence-corrected chi connectivity index (χ2v) is 6.06. The second kappa shape index (κ2) is 5.42. The Balaban J connectivity index is 1.78. The van der Waals surface area contributed by atoms with Crippen LogP contribution >= 0.6 is 0 Å². The zero-order chi connectivity index (χ0) is 17.7. The largest absolute Gasteiger partial charge is 0.475 e. The fourth-order valence-electron chi connectivity index (χ4n) is 3.28. The van der Waals surface area contributed by atoms with Gasteiger partial charge in [0.05, 0.1) is 23.1 Å². The van der Waals surface area contributed by atoms with Gasteiger partial charge in [-0.2, -0.15) is 0 Å².